The molecule has 27 heavy (non-hydrogen) atoms. The van der Waals surface area contributed by atoms with Gasteiger partial charge in [0.1, 0.15) is 10.7 Å². The quantitative estimate of drug-likeness (QED) is 0.724. The second-order valence-electron chi connectivity index (χ2n) is 6.77. The number of anilines is 1. The molecule has 1 aliphatic rings. The molecule has 0 spiro atoms. The highest BCUT2D eigenvalue weighted by atomic mass is 32.1. The molecule has 0 atom stereocenters. The van der Waals surface area contributed by atoms with Crippen LogP contribution in [0.1, 0.15) is 23.4 Å². The Morgan fingerprint density at radius 2 is 2.04 bits per heavy atom. The summed E-state index contributed by atoms with van der Waals surface area (Å²) >= 11 is 3.32. The van der Waals surface area contributed by atoms with Crippen molar-refractivity contribution < 1.29 is 4.79 Å². The zero-order valence-electron chi connectivity index (χ0n) is 15.3. The Morgan fingerprint density at radius 3 is 2.63 bits per heavy atom. The van der Waals surface area contributed by atoms with Crippen LogP contribution in [0.25, 0.3) is 21.8 Å². The number of carbonyl (C=O) groups is 1. The molecule has 0 bridgehead atoms. The van der Waals surface area contributed by atoms with E-state index < -0.39 is 0 Å². The average molecular weight is 400 g/mol. The van der Waals surface area contributed by atoms with Crippen molar-refractivity contribution >= 4 is 34.5 Å². The van der Waals surface area contributed by atoms with Crippen molar-refractivity contribution in [2.24, 2.45) is 11.7 Å². The van der Waals surface area contributed by atoms with Gasteiger partial charge in [-0.05, 0) is 49.1 Å². The van der Waals surface area contributed by atoms with Gasteiger partial charge < -0.3 is 10.6 Å². The molecule has 1 aliphatic heterocycles. The Hall–Kier alpha value is -2.32. The standard InChI is InChI=1S/C19H21N5OS2/c1-11-12(2)27-18(22-11)16-15(14-5-8-26-10-14)9-21-19(23-16)24-6-3-13(4-7-24)17(20)25/h5,8-10,13H,3-4,6-7H2,1-2H3,(H2,20,25). The zero-order chi connectivity index (χ0) is 19.0. The van der Waals surface area contributed by atoms with E-state index in [4.69, 9.17) is 15.7 Å². The first-order valence-corrected chi connectivity index (χ1v) is 10.7. The molecule has 8 heteroatoms. The van der Waals surface area contributed by atoms with E-state index in [0.717, 1.165) is 53.5 Å². The van der Waals surface area contributed by atoms with Gasteiger partial charge in [-0.15, -0.1) is 11.3 Å². The molecule has 2 N–H and O–H groups in total. The van der Waals surface area contributed by atoms with Crippen LogP contribution in [0.3, 0.4) is 0 Å². The number of piperidine rings is 1. The second-order valence-corrected chi connectivity index (χ2v) is 8.75. The SMILES string of the molecule is Cc1nc(-c2nc(N3CCC(C(N)=O)CC3)ncc2-c2ccsc2)sc1C. The number of carbonyl (C=O) groups excluding carboxylic acids is 1. The number of amides is 1. The van der Waals surface area contributed by atoms with Crippen LogP contribution in [0, 0.1) is 19.8 Å². The van der Waals surface area contributed by atoms with Crippen molar-refractivity contribution in [3.8, 4) is 21.8 Å². The Kier molecular flexibility index (Phi) is 4.92. The van der Waals surface area contributed by atoms with Crippen molar-refractivity contribution in [2.45, 2.75) is 26.7 Å². The molecular formula is C19H21N5OS2. The summed E-state index contributed by atoms with van der Waals surface area (Å²) in [7, 11) is 0. The number of hydrogen-bond donors (Lipinski definition) is 1. The summed E-state index contributed by atoms with van der Waals surface area (Å²) in [5, 5.41) is 5.08. The molecule has 0 radical (unpaired) electrons. The Balaban J connectivity index is 1.71. The van der Waals surface area contributed by atoms with Crippen molar-refractivity contribution in [1.29, 1.82) is 0 Å². The Labute approximate surface area is 166 Å². The molecule has 1 fully saturated rings. The summed E-state index contributed by atoms with van der Waals surface area (Å²) in [6.45, 7) is 5.58. The zero-order valence-corrected chi connectivity index (χ0v) is 16.9. The molecule has 0 aliphatic carbocycles. The van der Waals surface area contributed by atoms with Crippen LogP contribution in [-0.2, 0) is 4.79 Å². The van der Waals surface area contributed by atoms with Gasteiger partial charge in [-0.3, -0.25) is 4.79 Å². The van der Waals surface area contributed by atoms with Gasteiger partial charge in [0.2, 0.25) is 11.9 Å². The molecule has 1 amide bonds. The van der Waals surface area contributed by atoms with E-state index in [-0.39, 0.29) is 11.8 Å². The molecule has 4 rings (SSSR count). The second kappa shape index (κ2) is 7.36. The summed E-state index contributed by atoms with van der Waals surface area (Å²) in [5.74, 6) is 0.435. The number of nitrogens with two attached hydrogens (primary N) is 1. The van der Waals surface area contributed by atoms with Crippen molar-refractivity contribution in [3.63, 3.8) is 0 Å². The number of thiophene rings is 1. The third-order valence-electron chi connectivity index (χ3n) is 5.02. The van der Waals surface area contributed by atoms with Gasteiger partial charge in [0, 0.05) is 35.6 Å². The number of aromatic nitrogens is 3. The first-order chi connectivity index (χ1) is 13.0. The van der Waals surface area contributed by atoms with Gasteiger partial charge in [0.15, 0.2) is 0 Å². The summed E-state index contributed by atoms with van der Waals surface area (Å²) in [5.41, 5.74) is 9.47. The van der Waals surface area contributed by atoms with E-state index in [9.17, 15) is 4.79 Å². The predicted octanol–water partition coefficient (Wildman–Crippen LogP) is 3.65. The molecule has 3 aromatic rings. The number of hydrogen-bond acceptors (Lipinski definition) is 7. The van der Waals surface area contributed by atoms with Gasteiger partial charge in [-0.2, -0.15) is 11.3 Å². The fourth-order valence-corrected chi connectivity index (χ4v) is 4.83. The molecule has 3 aromatic heterocycles. The third kappa shape index (κ3) is 3.59. The van der Waals surface area contributed by atoms with Crippen LogP contribution in [-0.4, -0.2) is 33.9 Å². The fourth-order valence-electron chi connectivity index (χ4n) is 3.25. The number of nitrogens with zero attached hydrogens (tertiary/aromatic N) is 4. The number of primary amides is 1. The number of rotatable bonds is 4. The van der Waals surface area contributed by atoms with E-state index in [2.05, 4.69) is 33.6 Å². The minimum atomic E-state index is -0.210. The highest BCUT2D eigenvalue weighted by molar-refractivity contribution is 7.15. The third-order valence-corrected chi connectivity index (χ3v) is 6.78. The van der Waals surface area contributed by atoms with Crippen molar-refractivity contribution in [1.82, 2.24) is 15.0 Å². The lowest BCUT2D eigenvalue weighted by molar-refractivity contribution is -0.122. The van der Waals surface area contributed by atoms with E-state index in [1.54, 1.807) is 22.7 Å². The first-order valence-electron chi connectivity index (χ1n) is 8.91. The van der Waals surface area contributed by atoms with E-state index in [0.29, 0.717) is 5.95 Å². The highest BCUT2D eigenvalue weighted by Crippen LogP contribution is 2.36. The topological polar surface area (TPSA) is 85.0 Å². The van der Waals surface area contributed by atoms with Crippen LogP contribution in [0.15, 0.2) is 23.0 Å². The summed E-state index contributed by atoms with van der Waals surface area (Å²) < 4.78 is 0. The van der Waals surface area contributed by atoms with Crippen LogP contribution in [0.2, 0.25) is 0 Å². The molecule has 0 aromatic carbocycles. The van der Waals surface area contributed by atoms with E-state index in [1.807, 2.05) is 13.1 Å². The lowest BCUT2D eigenvalue weighted by Crippen LogP contribution is -2.39. The Morgan fingerprint density at radius 1 is 1.26 bits per heavy atom. The van der Waals surface area contributed by atoms with Crippen molar-refractivity contribution in [2.75, 3.05) is 18.0 Å². The van der Waals surface area contributed by atoms with E-state index in [1.165, 1.54) is 4.88 Å². The van der Waals surface area contributed by atoms with Gasteiger partial charge in [0.25, 0.3) is 0 Å². The van der Waals surface area contributed by atoms with Crippen LogP contribution in [0.5, 0.6) is 0 Å². The molecule has 6 nitrogen and oxygen atoms in total. The minimum absolute atomic E-state index is 0.0462. The van der Waals surface area contributed by atoms with Crippen LogP contribution >= 0.6 is 22.7 Å². The summed E-state index contributed by atoms with van der Waals surface area (Å²) in [4.78, 5) is 29.0. The monoisotopic (exact) mass is 399 g/mol. The minimum Gasteiger partial charge on any atom is -0.369 e. The molecule has 1 saturated heterocycles. The first kappa shape index (κ1) is 18.1. The van der Waals surface area contributed by atoms with Gasteiger partial charge >= 0.3 is 0 Å². The molecule has 140 valence electrons. The highest BCUT2D eigenvalue weighted by Gasteiger charge is 2.25. The number of thiazole rings is 1. The van der Waals surface area contributed by atoms with E-state index >= 15 is 0 Å². The van der Waals surface area contributed by atoms with Gasteiger partial charge in [-0.25, -0.2) is 15.0 Å². The number of aryl methyl sites for hydroxylation is 2. The lowest BCUT2D eigenvalue weighted by atomic mass is 9.96. The molecular weight excluding hydrogens is 378 g/mol. The molecule has 4 heterocycles. The maximum Gasteiger partial charge on any atom is 0.225 e. The maximum absolute atomic E-state index is 11.4. The van der Waals surface area contributed by atoms with Gasteiger partial charge in [0.05, 0.1) is 5.69 Å². The normalized spacial score (nSPS) is 15.3. The Bertz CT molecular complexity index is 939. The lowest BCUT2D eigenvalue weighted by Gasteiger charge is -2.30. The van der Waals surface area contributed by atoms with Crippen molar-refractivity contribution in [3.05, 3.63) is 33.6 Å². The maximum atomic E-state index is 11.4. The fraction of sp³-hybridized carbons (Fsp3) is 0.368. The molecule has 0 saturated carbocycles. The molecule has 0 unspecified atom stereocenters. The predicted molar refractivity (Wildman–Crippen MR) is 110 cm³/mol. The summed E-state index contributed by atoms with van der Waals surface area (Å²) in [6.07, 6.45) is 3.39. The van der Waals surface area contributed by atoms with Gasteiger partial charge in [-0.1, -0.05) is 0 Å². The smallest absolute Gasteiger partial charge is 0.225 e. The van der Waals surface area contributed by atoms with Crippen LogP contribution < -0.4 is 10.6 Å². The summed E-state index contributed by atoms with van der Waals surface area (Å²) in [6, 6.07) is 2.08. The average Bonchev–Trinajstić information content (AvgIpc) is 3.32. The largest absolute Gasteiger partial charge is 0.369 e. The van der Waals surface area contributed by atoms with Crippen LogP contribution in [0.4, 0.5) is 5.95 Å².